The Bertz CT molecular complexity index is 1000. The third kappa shape index (κ3) is 6.81. The zero-order valence-electron chi connectivity index (χ0n) is 20.6. The predicted octanol–water partition coefficient (Wildman–Crippen LogP) is 2.98. The molecule has 0 aliphatic carbocycles. The lowest BCUT2D eigenvalue weighted by atomic mass is 10.1. The van der Waals surface area contributed by atoms with Gasteiger partial charge in [0.15, 0.2) is 0 Å². The van der Waals surface area contributed by atoms with Gasteiger partial charge in [0.05, 0.1) is 4.90 Å². The topological polar surface area (TPSA) is 73.0 Å². The van der Waals surface area contributed by atoms with E-state index in [2.05, 4.69) is 46.3 Å². The summed E-state index contributed by atoms with van der Waals surface area (Å²) in [5.74, 6) is 0.0228. The molecule has 34 heavy (non-hydrogen) atoms. The SMILES string of the molecule is CCN(CC)S(=O)(=O)c1ccc(CCC(=O)NC[C@H](C)N2CCN(c3ccccc3)CC2)cc1. The van der Waals surface area contributed by atoms with Crippen LogP contribution in [0.25, 0.3) is 0 Å². The normalized spacial score (nSPS) is 15.9. The van der Waals surface area contributed by atoms with Gasteiger partial charge in [-0.05, 0) is 43.2 Å². The quantitative estimate of drug-likeness (QED) is 0.529. The van der Waals surface area contributed by atoms with Crippen molar-refractivity contribution in [3.05, 3.63) is 60.2 Å². The first kappa shape index (κ1) is 26.2. The molecule has 1 N–H and O–H groups in total. The molecular weight excluding hydrogens is 448 g/mol. The number of sulfonamides is 1. The molecular formula is C26H38N4O3S. The van der Waals surface area contributed by atoms with Crippen LogP contribution in [0.5, 0.6) is 0 Å². The van der Waals surface area contributed by atoms with E-state index in [1.807, 2.05) is 19.9 Å². The van der Waals surface area contributed by atoms with Gasteiger partial charge in [-0.1, -0.05) is 44.2 Å². The Hall–Kier alpha value is -2.42. The second-order valence-electron chi connectivity index (χ2n) is 8.74. The lowest BCUT2D eigenvalue weighted by Crippen LogP contribution is -2.52. The monoisotopic (exact) mass is 486 g/mol. The molecule has 0 bridgehead atoms. The summed E-state index contributed by atoms with van der Waals surface area (Å²) in [6, 6.07) is 17.6. The Balaban J connectivity index is 1.40. The van der Waals surface area contributed by atoms with Gasteiger partial charge in [-0.2, -0.15) is 4.31 Å². The number of rotatable bonds is 11. The Morgan fingerprint density at radius 1 is 0.971 bits per heavy atom. The number of para-hydroxylation sites is 1. The molecule has 2 aromatic carbocycles. The van der Waals surface area contributed by atoms with Crippen molar-refractivity contribution in [3.63, 3.8) is 0 Å². The molecule has 1 atom stereocenters. The number of hydrogen-bond acceptors (Lipinski definition) is 5. The molecule has 1 amide bonds. The number of nitrogens with zero attached hydrogens (tertiary/aromatic N) is 3. The minimum Gasteiger partial charge on any atom is -0.369 e. The zero-order chi connectivity index (χ0) is 24.6. The number of benzene rings is 2. The maximum atomic E-state index is 12.6. The molecule has 1 saturated heterocycles. The van der Waals surface area contributed by atoms with Gasteiger partial charge in [0.25, 0.3) is 0 Å². The van der Waals surface area contributed by atoms with E-state index in [-0.39, 0.29) is 11.9 Å². The van der Waals surface area contributed by atoms with Crippen molar-refractivity contribution in [1.29, 1.82) is 0 Å². The average molecular weight is 487 g/mol. The Morgan fingerprint density at radius 2 is 1.59 bits per heavy atom. The summed E-state index contributed by atoms with van der Waals surface area (Å²) in [6.45, 7) is 11.3. The molecule has 186 valence electrons. The molecule has 1 aliphatic rings. The molecule has 8 heteroatoms. The molecule has 1 heterocycles. The fourth-order valence-corrected chi connectivity index (χ4v) is 5.80. The van der Waals surface area contributed by atoms with Crippen molar-refractivity contribution in [2.75, 3.05) is 50.7 Å². The van der Waals surface area contributed by atoms with Crippen molar-refractivity contribution >= 4 is 21.6 Å². The first-order chi connectivity index (χ1) is 16.3. The Labute approximate surface area is 204 Å². The van der Waals surface area contributed by atoms with Crippen LogP contribution in [0.15, 0.2) is 59.5 Å². The third-order valence-electron chi connectivity index (χ3n) is 6.56. The van der Waals surface area contributed by atoms with Crippen LogP contribution in [0.1, 0.15) is 32.8 Å². The van der Waals surface area contributed by atoms with Crippen LogP contribution in [0, 0.1) is 0 Å². The average Bonchev–Trinajstić information content (AvgIpc) is 2.87. The first-order valence-electron chi connectivity index (χ1n) is 12.2. The van der Waals surface area contributed by atoms with Gasteiger partial charge in [0, 0.05) is 64.0 Å². The van der Waals surface area contributed by atoms with Crippen LogP contribution >= 0.6 is 0 Å². The number of amides is 1. The van der Waals surface area contributed by atoms with Crippen LogP contribution < -0.4 is 10.2 Å². The van der Waals surface area contributed by atoms with Gasteiger partial charge in [-0.3, -0.25) is 9.69 Å². The van der Waals surface area contributed by atoms with Crippen molar-refractivity contribution in [2.24, 2.45) is 0 Å². The standard InChI is InChI=1S/C26H38N4O3S/c1-4-30(5-2)34(32,33)25-14-11-23(12-15-25)13-16-26(31)27-21-22(3)28-17-19-29(20-18-28)24-9-7-6-8-10-24/h6-12,14-15,22H,4-5,13,16-21H2,1-3H3,(H,27,31)/t22-/m0/s1. The number of aryl methyl sites for hydroxylation is 1. The summed E-state index contributed by atoms with van der Waals surface area (Å²) in [5, 5.41) is 3.06. The molecule has 0 spiro atoms. The molecule has 0 saturated carbocycles. The highest BCUT2D eigenvalue weighted by Crippen LogP contribution is 2.18. The highest BCUT2D eigenvalue weighted by Gasteiger charge is 2.22. The van der Waals surface area contributed by atoms with E-state index in [1.165, 1.54) is 9.99 Å². The number of anilines is 1. The summed E-state index contributed by atoms with van der Waals surface area (Å²) in [7, 11) is -3.45. The van der Waals surface area contributed by atoms with Crippen molar-refractivity contribution < 1.29 is 13.2 Å². The summed E-state index contributed by atoms with van der Waals surface area (Å²) in [5.41, 5.74) is 2.22. The summed E-state index contributed by atoms with van der Waals surface area (Å²) in [6.07, 6.45) is 0.970. The van der Waals surface area contributed by atoms with E-state index >= 15 is 0 Å². The van der Waals surface area contributed by atoms with E-state index in [1.54, 1.807) is 24.3 Å². The van der Waals surface area contributed by atoms with E-state index in [4.69, 9.17) is 0 Å². The van der Waals surface area contributed by atoms with Crippen molar-refractivity contribution in [1.82, 2.24) is 14.5 Å². The fraction of sp³-hybridized carbons (Fsp3) is 0.500. The van der Waals surface area contributed by atoms with Crippen LogP contribution in [-0.4, -0.2) is 75.4 Å². The van der Waals surface area contributed by atoms with E-state index in [9.17, 15) is 13.2 Å². The number of piperazine rings is 1. The van der Waals surface area contributed by atoms with Gasteiger partial charge >= 0.3 is 0 Å². The van der Waals surface area contributed by atoms with Gasteiger partial charge in [-0.15, -0.1) is 0 Å². The van der Waals surface area contributed by atoms with E-state index in [0.717, 1.165) is 31.7 Å². The van der Waals surface area contributed by atoms with Crippen molar-refractivity contribution in [2.45, 2.75) is 44.6 Å². The maximum Gasteiger partial charge on any atom is 0.243 e. The third-order valence-corrected chi connectivity index (χ3v) is 8.62. The maximum absolute atomic E-state index is 12.6. The molecule has 1 aliphatic heterocycles. The van der Waals surface area contributed by atoms with Gasteiger partial charge in [0.1, 0.15) is 0 Å². The fourth-order valence-electron chi connectivity index (χ4n) is 4.34. The van der Waals surface area contributed by atoms with Crippen molar-refractivity contribution in [3.8, 4) is 0 Å². The van der Waals surface area contributed by atoms with Gasteiger partial charge < -0.3 is 10.2 Å². The molecule has 2 aromatic rings. The Morgan fingerprint density at radius 3 is 2.18 bits per heavy atom. The summed E-state index contributed by atoms with van der Waals surface area (Å²) in [4.78, 5) is 17.5. The van der Waals surface area contributed by atoms with Crippen LogP contribution in [0.4, 0.5) is 5.69 Å². The minimum absolute atomic E-state index is 0.0228. The second kappa shape index (κ2) is 12.3. The molecule has 0 aromatic heterocycles. The highest BCUT2D eigenvalue weighted by molar-refractivity contribution is 7.89. The molecule has 0 radical (unpaired) electrons. The number of nitrogens with one attached hydrogen (secondary N) is 1. The zero-order valence-corrected chi connectivity index (χ0v) is 21.4. The Kier molecular flexibility index (Phi) is 9.50. The van der Waals surface area contributed by atoms with Crippen LogP contribution in [0.2, 0.25) is 0 Å². The smallest absolute Gasteiger partial charge is 0.243 e. The number of carbonyl (C=O) groups is 1. The molecule has 7 nitrogen and oxygen atoms in total. The molecule has 0 unspecified atom stereocenters. The number of hydrogen-bond donors (Lipinski definition) is 1. The number of carbonyl (C=O) groups excluding carboxylic acids is 1. The second-order valence-corrected chi connectivity index (χ2v) is 10.7. The summed E-state index contributed by atoms with van der Waals surface area (Å²) < 4.78 is 26.6. The predicted molar refractivity (Wildman–Crippen MR) is 138 cm³/mol. The van der Waals surface area contributed by atoms with Crippen LogP contribution in [-0.2, 0) is 21.2 Å². The highest BCUT2D eigenvalue weighted by atomic mass is 32.2. The lowest BCUT2D eigenvalue weighted by Gasteiger charge is -2.39. The molecule has 3 rings (SSSR count). The van der Waals surface area contributed by atoms with E-state index in [0.29, 0.717) is 37.4 Å². The summed E-state index contributed by atoms with van der Waals surface area (Å²) >= 11 is 0. The van der Waals surface area contributed by atoms with Gasteiger partial charge in [-0.25, -0.2) is 8.42 Å². The lowest BCUT2D eigenvalue weighted by molar-refractivity contribution is -0.121. The largest absolute Gasteiger partial charge is 0.369 e. The first-order valence-corrected chi connectivity index (χ1v) is 13.7. The van der Waals surface area contributed by atoms with Crippen LogP contribution in [0.3, 0.4) is 0 Å². The van der Waals surface area contributed by atoms with Gasteiger partial charge in [0.2, 0.25) is 15.9 Å². The van der Waals surface area contributed by atoms with E-state index < -0.39 is 10.0 Å². The minimum atomic E-state index is -3.45. The molecule has 1 fully saturated rings.